The van der Waals surface area contributed by atoms with Crippen LogP contribution in [0.4, 0.5) is 0 Å². The summed E-state index contributed by atoms with van der Waals surface area (Å²) in [6.45, 7) is 6.04. The highest BCUT2D eigenvalue weighted by Gasteiger charge is 2.26. The number of likely N-dealkylation sites (N-methyl/N-ethyl adjacent to an activating group) is 1. The first kappa shape index (κ1) is 21.4. The Morgan fingerprint density at radius 3 is 2.82 bits per heavy atom. The number of aromatic amines is 1. The Morgan fingerprint density at radius 1 is 1.21 bits per heavy atom. The predicted molar refractivity (Wildman–Crippen MR) is 127 cm³/mol. The molecule has 1 aromatic carbocycles. The molecule has 5 rings (SSSR count). The summed E-state index contributed by atoms with van der Waals surface area (Å²) in [5, 5.41) is 4.29. The number of hydrogen-bond acceptors (Lipinski definition) is 5. The van der Waals surface area contributed by atoms with E-state index in [0.29, 0.717) is 13.1 Å². The highest BCUT2D eigenvalue weighted by atomic mass is 16.2. The second-order valence-electron chi connectivity index (χ2n) is 9.24. The van der Waals surface area contributed by atoms with Crippen LogP contribution in [0.25, 0.3) is 27.8 Å². The molecule has 3 aromatic heterocycles. The van der Waals surface area contributed by atoms with Crippen molar-refractivity contribution in [2.24, 2.45) is 0 Å². The smallest absolute Gasteiger partial charge is 0.326 e. The number of piperidine rings is 1. The van der Waals surface area contributed by atoms with Crippen LogP contribution in [0, 0.1) is 13.8 Å². The summed E-state index contributed by atoms with van der Waals surface area (Å²) in [4.78, 5) is 36.3. The van der Waals surface area contributed by atoms with Gasteiger partial charge in [0.15, 0.2) is 5.65 Å². The minimum atomic E-state index is -0.102. The number of carbonyl (C=O) groups is 1. The number of fused-ring (bicyclic) bond motifs is 2. The van der Waals surface area contributed by atoms with Gasteiger partial charge in [0.1, 0.15) is 6.33 Å². The summed E-state index contributed by atoms with van der Waals surface area (Å²) in [6, 6.07) is 6.28. The third-order valence-electron chi connectivity index (χ3n) is 6.64. The number of likely N-dealkylation sites (tertiary alicyclic amines) is 1. The van der Waals surface area contributed by atoms with Crippen LogP contribution in [0.2, 0.25) is 0 Å². The molecule has 1 unspecified atom stereocenters. The van der Waals surface area contributed by atoms with Crippen molar-refractivity contribution in [3.8, 4) is 11.1 Å². The van der Waals surface area contributed by atoms with Crippen LogP contribution in [-0.2, 0) is 4.79 Å². The third-order valence-corrected chi connectivity index (χ3v) is 6.64. The Balaban J connectivity index is 1.51. The lowest BCUT2D eigenvalue weighted by Gasteiger charge is -2.33. The van der Waals surface area contributed by atoms with Gasteiger partial charge >= 0.3 is 5.69 Å². The molecule has 0 bridgehead atoms. The van der Waals surface area contributed by atoms with Crippen molar-refractivity contribution in [2.45, 2.75) is 32.7 Å². The van der Waals surface area contributed by atoms with Crippen molar-refractivity contribution in [1.29, 1.82) is 0 Å². The van der Waals surface area contributed by atoms with Gasteiger partial charge in [-0.1, -0.05) is 0 Å². The number of carbonyl (C=O) groups excluding carboxylic acids is 1. The molecule has 4 heterocycles. The molecule has 9 heteroatoms. The summed E-state index contributed by atoms with van der Waals surface area (Å²) < 4.78 is 3.66. The Morgan fingerprint density at radius 2 is 2.03 bits per heavy atom. The number of pyridine rings is 1. The van der Waals surface area contributed by atoms with Crippen molar-refractivity contribution >= 4 is 22.6 Å². The summed E-state index contributed by atoms with van der Waals surface area (Å²) in [7, 11) is 3.55. The summed E-state index contributed by atoms with van der Waals surface area (Å²) in [6.07, 6.45) is 5.40. The Bertz CT molecular complexity index is 1410. The number of imidazole rings is 1. The summed E-state index contributed by atoms with van der Waals surface area (Å²) >= 11 is 0. The molecule has 1 atom stereocenters. The zero-order chi connectivity index (χ0) is 23.3. The first-order chi connectivity index (χ1) is 15.8. The molecule has 33 heavy (non-hydrogen) atoms. The normalized spacial score (nSPS) is 17.2. The van der Waals surface area contributed by atoms with Gasteiger partial charge in [0.25, 0.3) is 0 Å². The van der Waals surface area contributed by atoms with E-state index in [0.717, 1.165) is 58.3 Å². The molecule has 0 aliphatic carbocycles. The Hall–Kier alpha value is -3.46. The summed E-state index contributed by atoms with van der Waals surface area (Å²) in [5.41, 5.74) is 6.68. The van der Waals surface area contributed by atoms with E-state index in [4.69, 9.17) is 0 Å². The van der Waals surface area contributed by atoms with E-state index in [2.05, 4.69) is 45.1 Å². The molecule has 1 fully saturated rings. The first-order valence-electron chi connectivity index (χ1n) is 11.3. The lowest BCUT2D eigenvalue weighted by atomic mass is 9.99. The fourth-order valence-corrected chi connectivity index (χ4v) is 4.91. The SMILES string of the molecule is Cc1cc2c(cc1-c1cc(C)c3ncnn3c1)[nH]c(=O)n2C1CCCN(CC(=O)N(C)C)C1. The monoisotopic (exact) mass is 447 g/mol. The fourth-order valence-electron chi connectivity index (χ4n) is 4.91. The Kier molecular flexibility index (Phi) is 5.28. The maximum absolute atomic E-state index is 13.0. The molecule has 0 spiro atoms. The van der Waals surface area contributed by atoms with Crippen LogP contribution in [0.3, 0.4) is 0 Å². The van der Waals surface area contributed by atoms with Crippen molar-refractivity contribution in [1.82, 2.24) is 33.9 Å². The fraction of sp³-hybridized carbons (Fsp3) is 0.417. The van der Waals surface area contributed by atoms with Gasteiger partial charge in [-0.25, -0.2) is 14.3 Å². The molecule has 1 amide bonds. The number of benzene rings is 1. The van der Waals surface area contributed by atoms with Crippen LogP contribution in [-0.4, -0.2) is 73.6 Å². The van der Waals surface area contributed by atoms with Gasteiger partial charge in [-0.05, 0) is 68.1 Å². The van der Waals surface area contributed by atoms with Crippen LogP contribution < -0.4 is 5.69 Å². The van der Waals surface area contributed by atoms with Gasteiger partial charge in [-0.3, -0.25) is 14.3 Å². The van der Waals surface area contributed by atoms with Crippen molar-refractivity contribution in [3.05, 3.63) is 52.3 Å². The van der Waals surface area contributed by atoms with E-state index in [1.165, 1.54) is 0 Å². The molecule has 4 aromatic rings. The van der Waals surface area contributed by atoms with E-state index in [1.54, 1.807) is 29.8 Å². The number of aryl methyl sites for hydroxylation is 2. The molecule has 9 nitrogen and oxygen atoms in total. The van der Waals surface area contributed by atoms with Gasteiger partial charge in [0, 0.05) is 32.4 Å². The van der Waals surface area contributed by atoms with Gasteiger partial charge in [-0.2, -0.15) is 5.10 Å². The van der Waals surface area contributed by atoms with Crippen molar-refractivity contribution < 1.29 is 4.79 Å². The van der Waals surface area contributed by atoms with Crippen LogP contribution in [0.1, 0.15) is 30.0 Å². The second kappa shape index (κ2) is 8.15. The second-order valence-corrected chi connectivity index (χ2v) is 9.24. The molecular formula is C24H29N7O2. The van der Waals surface area contributed by atoms with E-state index in [9.17, 15) is 9.59 Å². The van der Waals surface area contributed by atoms with Crippen LogP contribution >= 0.6 is 0 Å². The third kappa shape index (κ3) is 3.82. The van der Waals surface area contributed by atoms with Crippen LogP contribution in [0.5, 0.6) is 0 Å². The standard InChI is InChI=1S/C24H29N7O2/c1-15-9-21-20(10-19(15)17-8-16(2)23-25-14-26-30(23)11-17)27-24(33)31(21)18-6-5-7-29(12-18)13-22(32)28(3)4/h8-11,14,18H,5-7,12-13H2,1-4H3,(H,27,33). The number of amides is 1. The Labute approximate surface area is 191 Å². The van der Waals surface area contributed by atoms with Crippen molar-refractivity contribution in [3.63, 3.8) is 0 Å². The maximum Gasteiger partial charge on any atom is 0.326 e. The number of aromatic nitrogens is 5. The average molecular weight is 448 g/mol. The zero-order valence-electron chi connectivity index (χ0n) is 19.5. The molecular weight excluding hydrogens is 418 g/mol. The van der Waals surface area contributed by atoms with E-state index < -0.39 is 0 Å². The van der Waals surface area contributed by atoms with E-state index >= 15 is 0 Å². The molecule has 1 saturated heterocycles. The molecule has 0 saturated carbocycles. The van der Waals surface area contributed by atoms with Gasteiger partial charge in [0.05, 0.1) is 23.6 Å². The maximum atomic E-state index is 13.0. The minimum Gasteiger partial charge on any atom is -0.348 e. The predicted octanol–water partition coefficient (Wildman–Crippen LogP) is 2.38. The zero-order valence-corrected chi connectivity index (χ0v) is 19.5. The van der Waals surface area contributed by atoms with Crippen LogP contribution in [0.15, 0.2) is 35.5 Å². The number of nitrogens with one attached hydrogen (secondary N) is 1. The molecule has 1 N–H and O–H groups in total. The van der Waals surface area contributed by atoms with Gasteiger partial charge < -0.3 is 9.88 Å². The quantitative estimate of drug-likeness (QED) is 0.519. The lowest BCUT2D eigenvalue weighted by Crippen LogP contribution is -2.44. The highest BCUT2D eigenvalue weighted by Crippen LogP contribution is 2.31. The van der Waals surface area contributed by atoms with E-state index in [-0.39, 0.29) is 17.6 Å². The molecule has 1 aliphatic heterocycles. The molecule has 1 aliphatic rings. The minimum absolute atomic E-state index is 0.0361. The highest BCUT2D eigenvalue weighted by molar-refractivity contribution is 5.85. The summed E-state index contributed by atoms with van der Waals surface area (Å²) in [5.74, 6) is 0.0852. The largest absolute Gasteiger partial charge is 0.348 e. The first-order valence-corrected chi connectivity index (χ1v) is 11.3. The number of hydrogen-bond donors (Lipinski definition) is 1. The average Bonchev–Trinajstić information content (AvgIpc) is 3.37. The molecule has 172 valence electrons. The van der Waals surface area contributed by atoms with Gasteiger partial charge in [-0.15, -0.1) is 0 Å². The topological polar surface area (TPSA) is 91.5 Å². The molecule has 0 radical (unpaired) electrons. The van der Waals surface area contributed by atoms with Crippen molar-refractivity contribution in [2.75, 3.05) is 33.7 Å². The lowest BCUT2D eigenvalue weighted by molar-refractivity contribution is -0.130. The van der Waals surface area contributed by atoms with E-state index in [1.807, 2.05) is 17.7 Å². The number of nitrogens with zero attached hydrogens (tertiary/aromatic N) is 6. The number of H-pyrrole nitrogens is 1. The number of rotatable bonds is 4. The van der Waals surface area contributed by atoms with Gasteiger partial charge in [0.2, 0.25) is 5.91 Å².